The summed E-state index contributed by atoms with van der Waals surface area (Å²) >= 11 is 3.29. The van der Waals surface area contributed by atoms with Gasteiger partial charge in [0.05, 0.1) is 11.6 Å². The third-order valence-corrected chi connectivity index (χ3v) is 5.85. The van der Waals surface area contributed by atoms with Crippen molar-refractivity contribution in [3.05, 3.63) is 35.3 Å². The molecule has 0 aromatic carbocycles. The molecule has 0 bridgehead atoms. The summed E-state index contributed by atoms with van der Waals surface area (Å²) in [6.45, 7) is -0.0118. The number of piperidine rings is 1. The van der Waals surface area contributed by atoms with Gasteiger partial charge in [0.1, 0.15) is 35.2 Å². The molecule has 11 heteroatoms. The van der Waals surface area contributed by atoms with Crippen LogP contribution < -0.4 is 11.1 Å². The van der Waals surface area contributed by atoms with Gasteiger partial charge in [-0.05, 0) is 46.8 Å². The quantitative estimate of drug-likeness (QED) is 0.563. The van der Waals surface area contributed by atoms with Crippen LogP contribution in [0.5, 0.6) is 0 Å². The standard InChI is InChI=1S/C18H17BrN8O2/c19-13-2-1-3-14(24-13)25-18(29)12-5-9-4-11(9)27(12)15(28)7-26-17-10(6-23-26)16(20)21-8-22-17/h1-3,6,8-9,11-12H,4-5,7H2,(H2,20,21,22)(H,24,25,29)/t9-,11-,12+/m1/s1. The molecule has 5 rings (SSSR count). The monoisotopic (exact) mass is 456 g/mol. The SMILES string of the molecule is Nc1ncnc2c1cnn2CC(=O)N1[C@@H]2C[C@@H]2C[C@H]1C(=O)Nc1cccc(Br)n1. The van der Waals surface area contributed by atoms with E-state index in [1.807, 2.05) is 0 Å². The van der Waals surface area contributed by atoms with E-state index in [-0.39, 0.29) is 24.4 Å². The lowest BCUT2D eigenvalue weighted by Gasteiger charge is -2.26. The molecule has 29 heavy (non-hydrogen) atoms. The molecule has 2 fully saturated rings. The van der Waals surface area contributed by atoms with Gasteiger partial charge in [-0.2, -0.15) is 5.10 Å². The summed E-state index contributed by atoms with van der Waals surface area (Å²) in [6.07, 6.45) is 4.48. The number of likely N-dealkylation sites (tertiary alicyclic amines) is 1. The van der Waals surface area contributed by atoms with E-state index in [1.54, 1.807) is 29.3 Å². The number of nitrogens with two attached hydrogens (primary N) is 1. The Bertz CT molecular complexity index is 1130. The van der Waals surface area contributed by atoms with E-state index in [0.717, 1.165) is 6.42 Å². The fourth-order valence-electron chi connectivity index (χ4n) is 3.97. The molecule has 1 saturated heterocycles. The first-order valence-corrected chi connectivity index (χ1v) is 9.97. The van der Waals surface area contributed by atoms with Crippen LogP contribution in [0.4, 0.5) is 11.6 Å². The van der Waals surface area contributed by atoms with Crippen molar-refractivity contribution in [2.24, 2.45) is 5.92 Å². The second-order valence-electron chi connectivity index (χ2n) is 7.25. The summed E-state index contributed by atoms with van der Waals surface area (Å²) in [5.41, 5.74) is 6.33. The number of nitrogens with one attached hydrogen (secondary N) is 1. The van der Waals surface area contributed by atoms with E-state index in [2.05, 4.69) is 41.3 Å². The molecule has 3 aromatic rings. The average molecular weight is 457 g/mol. The minimum atomic E-state index is -0.520. The second kappa shape index (κ2) is 6.76. The Balaban J connectivity index is 1.35. The molecular formula is C18H17BrN8O2. The highest BCUT2D eigenvalue weighted by atomic mass is 79.9. The molecule has 2 aliphatic rings. The summed E-state index contributed by atoms with van der Waals surface area (Å²) in [5.74, 6) is 0.739. The fourth-order valence-corrected chi connectivity index (χ4v) is 4.32. The topological polar surface area (TPSA) is 132 Å². The molecule has 4 heterocycles. The molecular weight excluding hydrogens is 440 g/mol. The number of carbonyl (C=O) groups excluding carboxylic acids is 2. The first-order valence-electron chi connectivity index (χ1n) is 9.18. The van der Waals surface area contributed by atoms with E-state index in [1.165, 1.54) is 11.0 Å². The van der Waals surface area contributed by atoms with Crippen LogP contribution in [-0.4, -0.2) is 53.5 Å². The summed E-state index contributed by atoms with van der Waals surface area (Å²) in [5, 5.41) is 7.64. The van der Waals surface area contributed by atoms with Crippen molar-refractivity contribution in [3.63, 3.8) is 0 Å². The van der Waals surface area contributed by atoms with Crippen molar-refractivity contribution in [2.75, 3.05) is 11.1 Å². The normalized spacial score (nSPS) is 22.5. The minimum Gasteiger partial charge on any atom is -0.383 e. The summed E-state index contributed by atoms with van der Waals surface area (Å²) in [6, 6.07) is 4.87. The number of hydrogen-bond donors (Lipinski definition) is 2. The molecule has 10 nitrogen and oxygen atoms in total. The molecule has 1 aliphatic carbocycles. The Morgan fingerprint density at radius 2 is 2.14 bits per heavy atom. The molecule has 1 saturated carbocycles. The van der Waals surface area contributed by atoms with E-state index >= 15 is 0 Å². The number of halogens is 1. The minimum absolute atomic E-state index is 0.0118. The number of amides is 2. The fraction of sp³-hybridized carbons (Fsp3) is 0.333. The first-order chi connectivity index (χ1) is 14.0. The molecule has 2 amide bonds. The van der Waals surface area contributed by atoms with Crippen LogP contribution in [-0.2, 0) is 16.1 Å². The van der Waals surface area contributed by atoms with Crippen LogP contribution in [0.3, 0.4) is 0 Å². The van der Waals surface area contributed by atoms with Gasteiger partial charge < -0.3 is 16.0 Å². The van der Waals surface area contributed by atoms with Crippen molar-refractivity contribution >= 4 is 50.4 Å². The van der Waals surface area contributed by atoms with Gasteiger partial charge in [-0.3, -0.25) is 9.59 Å². The highest BCUT2D eigenvalue weighted by Gasteiger charge is 2.56. The second-order valence-corrected chi connectivity index (χ2v) is 8.06. The number of aromatic nitrogens is 5. The molecule has 0 unspecified atom stereocenters. The molecule has 3 atom stereocenters. The first kappa shape index (κ1) is 18.0. The lowest BCUT2D eigenvalue weighted by Crippen LogP contribution is -2.46. The third-order valence-electron chi connectivity index (χ3n) is 5.41. The zero-order chi connectivity index (χ0) is 20.1. The lowest BCUT2D eigenvalue weighted by molar-refractivity contribution is -0.138. The summed E-state index contributed by atoms with van der Waals surface area (Å²) in [4.78, 5) is 40.0. The maximum Gasteiger partial charge on any atom is 0.248 e. The largest absolute Gasteiger partial charge is 0.383 e. The van der Waals surface area contributed by atoms with Gasteiger partial charge >= 0.3 is 0 Å². The number of pyridine rings is 1. The Hall–Kier alpha value is -3.08. The highest BCUT2D eigenvalue weighted by molar-refractivity contribution is 9.10. The van der Waals surface area contributed by atoms with Crippen LogP contribution in [0.1, 0.15) is 12.8 Å². The number of anilines is 2. The molecule has 148 valence electrons. The summed E-state index contributed by atoms with van der Waals surface area (Å²) in [7, 11) is 0. The van der Waals surface area contributed by atoms with Crippen LogP contribution >= 0.6 is 15.9 Å². The van der Waals surface area contributed by atoms with Gasteiger partial charge in [0.25, 0.3) is 0 Å². The lowest BCUT2D eigenvalue weighted by atomic mass is 10.1. The zero-order valence-corrected chi connectivity index (χ0v) is 16.8. The highest BCUT2D eigenvalue weighted by Crippen LogP contribution is 2.48. The zero-order valence-electron chi connectivity index (χ0n) is 15.2. The maximum atomic E-state index is 13.1. The van der Waals surface area contributed by atoms with E-state index in [9.17, 15) is 9.59 Å². The van der Waals surface area contributed by atoms with Gasteiger partial charge in [-0.25, -0.2) is 19.6 Å². The van der Waals surface area contributed by atoms with Crippen molar-refractivity contribution in [2.45, 2.75) is 31.5 Å². The maximum absolute atomic E-state index is 13.1. The Morgan fingerprint density at radius 3 is 2.97 bits per heavy atom. The van der Waals surface area contributed by atoms with E-state index in [0.29, 0.717) is 39.6 Å². The number of hydrogen-bond acceptors (Lipinski definition) is 7. The molecule has 1 aliphatic heterocycles. The van der Waals surface area contributed by atoms with Gasteiger partial charge in [-0.1, -0.05) is 6.07 Å². The van der Waals surface area contributed by atoms with Crippen LogP contribution in [0, 0.1) is 5.92 Å². The number of rotatable bonds is 4. The van der Waals surface area contributed by atoms with Gasteiger partial charge in [0, 0.05) is 6.04 Å². The number of fused-ring (bicyclic) bond motifs is 2. The van der Waals surface area contributed by atoms with Gasteiger partial charge in [0.2, 0.25) is 11.8 Å². The summed E-state index contributed by atoms with van der Waals surface area (Å²) < 4.78 is 2.13. The molecule has 0 radical (unpaired) electrons. The van der Waals surface area contributed by atoms with Crippen molar-refractivity contribution in [1.82, 2.24) is 29.6 Å². The van der Waals surface area contributed by atoms with Crippen LogP contribution in [0.2, 0.25) is 0 Å². The Labute approximate surface area is 173 Å². The van der Waals surface area contributed by atoms with Crippen molar-refractivity contribution in [1.29, 1.82) is 0 Å². The number of nitrogen functional groups attached to an aromatic ring is 1. The van der Waals surface area contributed by atoms with Gasteiger partial charge in [0.15, 0.2) is 5.65 Å². The Morgan fingerprint density at radius 1 is 1.28 bits per heavy atom. The number of carbonyl (C=O) groups is 2. The predicted octanol–water partition coefficient (Wildman–Crippen LogP) is 1.19. The van der Waals surface area contributed by atoms with Crippen molar-refractivity contribution < 1.29 is 9.59 Å². The third kappa shape index (κ3) is 3.20. The van der Waals surface area contributed by atoms with Crippen LogP contribution in [0.15, 0.2) is 35.3 Å². The van der Waals surface area contributed by atoms with Crippen LogP contribution in [0.25, 0.3) is 11.0 Å². The molecule has 0 spiro atoms. The Kier molecular flexibility index (Phi) is 4.19. The number of nitrogens with zero attached hydrogens (tertiary/aromatic N) is 6. The smallest absolute Gasteiger partial charge is 0.248 e. The van der Waals surface area contributed by atoms with Gasteiger partial charge in [-0.15, -0.1) is 0 Å². The molecule has 3 aromatic heterocycles. The average Bonchev–Trinajstić information content (AvgIpc) is 3.15. The van der Waals surface area contributed by atoms with E-state index in [4.69, 9.17) is 5.73 Å². The molecule has 3 N–H and O–H groups in total. The van der Waals surface area contributed by atoms with Crippen molar-refractivity contribution in [3.8, 4) is 0 Å². The van der Waals surface area contributed by atoms with E-state index < -0.39 is 6.04 Å². The predicted molar refractivity (Wildman–Crippen MR) is 107 cm³/mol.